The van der Waals surface area contributed by atoms with Gasteiger partial charge in [-0.1, -0.05) is 17.7 Å². The molecule has 1 atom stereocenters. The number of alkyl halides is 3. The van der Waals surface area contributed by atoms with Gasteiger partial charge >= 0.3 is 6.18 Å². The molecule has 0 saturated carbocycles. The minimum Gasteiger partial charge on any atom is -0.373 e. The van der Waals surface area contributed by atoms with Crippen molar-refractivity contribution in [2.75, 3.05) is 5.32 Å². The lowest BCUT2D eigenvalue weighted by Crippen LogP contribution is -2.52. The smallest absolute Gasteiger partial charge is 0.373 e. The van der Waals surface area contributed by atoms with E-state index in [0.717, 1.165) is 18.2 Å². The number of amides is 1. The zero-order valence-electron chi connectivity index (χ0n) is 14.3. The summed E-state index contributed by atoms with van der Waals surface area (Å²) < 4.78 is 65.0. The molecule has 0 radical (unpaired) electrons. The third-order valence-electron chi connectivity index (χ3n) is 3.68. The van der Waals surface area contributed by atoms with Crippen molar-refractivity contribution >= 4 is 33.2 Å². The molecule has 0 spiro atoms. The Balaban J connectivity index is 2.16. The summed E-state index contributed by atoms with van der Waals surface area (Å²) in [7, 11) is -3.98. The van der Waals surface area contributed by atoms with E-state index in [0.29, 0.717) is 5.56 Å². The van der Waals surface area contributed by atoms with Crippen LogP contribution in [0, 0.1) is 0 Å². The number of halogens is 4. The summed E-state index contributed by atoms with van der Waals surface area (Å²) in [6.45, 7) is 0.248. The Bertz CT molecular complexity index is 967. The van der Waals surface area contributed by atoms with Crippen LogP contribution in [0.1, 0.15) is 12.5 Å². The Labute approximate surface area is 163 Å². The molecular formula is C16H15ClF3N3O4S. The maximum atomic E-state index is 12.7. The zero-order chi connectivity index (χ0) is 21.2. The van der Waals surface area contributed by atoms with Crippen LogP contribution in [0.25, 0.3) is 0 Å². The summed E-state index contributed by atoms with van der Waals surface area (Å²) in [4.78, 5) is 15.3. The van der Waals surface area contributed by atoms with Crippen molar-refractivity contribution < 1.29 is 31.5 Å². The molecule has 12 heteroatoms. The number of carbonyl (C=O) groups excluding carboxylic acids is 1. The van der Waals surface area contributed by atoms with Gasteiger partial charge in [-0.05, 0) is 36.8 Å². The second-order valence-electron chi connectivity index (χ2n) is 5.85. The van der Waals surface area contributed by atoms with E-state index in [1.807, 2.05) is 5.32 Å². The standard InChI is InChI=1S/C16H15ClF3N3O4S/c1-15(25,16(18,19)20)14(24)23-13-5-4-11(7-12(13)17)28(26,27)22-9-10-3-2-6-21-8-10/h2-8,22,25H,9H2,1H3,(H,23,24)/t15-/m1/s1. The second-order valence-corrected chi connectivity index (χ2v) is 8.03. The molecule has 0 aliphatic rings. The number of rotatable bonds is 6. The molecule has 3 N–H and O–H groups in total. The first-order chi connectivity index (χ1) is 12.8. The van der Waals surface area contributed by atoms with Crippen LogP contribution in [-0.4, -0.2) is 36.2 Å². The number of sulfonamides is 1. The molecule has 0 saturated heterocycles. The van der Waals surface area contributed by atoms with E-state index in [-0.39, 0.29) is 29.1 Å². The summed E-state index contributed by atoms with van der Waals surface area (Å²) >= 11 is 5.88. The lowest BCUT2D eigenvalue weighted by Gasteiger charge is -2.25. The fourth-order valence-corrected chi connectivity index (χ4v) is 3.24. The van der Waals surface area contributed by atoms with E-state index < -0.39 is 27.7 Å². The summed E-state index contributed by atoms with van der Waals surface area (Å²) in [5, 5.41) is 10.8. The molecule has 0 aliphatic heterocycles. The fraction of sp³-hybridized carbons (Fsp3) is 0.250. The van der Waals surface area contributed by atoms with Gasteiger partial charge in [0.1, 0.15) is 0 Å². The molecule has 0 aliphatic carbocycles. The average Bonchev–Trinajstić information content (AvgIpc) is 2.61. The molecule has 1 heterocycles. The van der Waals surface area contributed by atoms with Crippen molar-refractivity contribution in [3.63, 3.8) is 0 Å². The number of hydrogen-bond donors (Lipinski definition) is 3. The summed E-state index contributed by atoms with van der Waals surface area (Å²) in [6, 6.07) is 6.33. The van der Waals surface area contributed by atoms with E-state index in [4.69, 9.17) is 11.6 Å². The van der Waals surface area contributed by atoms with Gasteiger partial charge in [0.2, 0.25) is 15.6 Å². The Hall–Kier alpha value is -2.21. The number of carbonyl (C=O) groups is 1. The van der Waals surface area contributed by atoms with Crippen LogP contribution in [-0.2, 0) is 21.4 Å². The highest BCUT2D eigenvalue weighted by Crippen LogP contribution is 2.32. The van der Waals surface area contributed by atoms with Gasteiger partial charge in [0, 0.05) is 18.9 Å². The molecule has 2 rings (SSSR count). The molecule has 0 unspecified atom stereocenters. The minimum absolute atomic E-state index is 0.0409. The number of anilines is 1. The average molecular weight is 438 g/mol. The highest BCUT2D eigenvalue weighted by Gasteiger charge is 2.55. The van der Waals surface area contributed by atoms with Gasteiger partial charge in [0.15, 0.2) is 0 Å². The minimum atomic E-state index is -5.21. The summed E-state index contributed by atoms with van der Waals surface area (Å²) in [5.41, 5.74) is -3.33. The molecule has 28 heavy (non-hydrogen) atoms. The Morgan fingerprint density at radius 3 is 2.50 bits per heavy atom. The number of benzene rings is 1. The molecular weight excluding hydrogens is 423 g/mol. The number of aliphatic hydroxyl groups is 1. The van der Waals surface area contributed by atoms with Crippen LogP contribution < -0.4 is 10.0 Å². The van der Waals surface area contributed by atoms with Gasteiger partial charge in [-0.2, -0.15) is 13.2 Å². The first-order valence-corrected chi connectivity index (χ1v) is 9.49. The van der Waals surface area contributed by atoms with Crippen LogP contribution >= 0.6 is 11.6 Å². The molecule has 0 fully saturated rings. The Kier molecular flexibility index (Phi) is 6.34. The number of aromatic nitrogens is 1. The topological polar surface area (TPSA) is 108 Å². The van der Waals surface area contributed by atoms with E-state index >= 15 is 0 Å². The third-order valence-corrected chi connectivity index (χ3v) is 5.39. The highest BCUT2D eigenvalue weighted by molar-refractivity contribution is 7.89. The second kappa shape index (κ2) is 8.03. The Morgan fingerprint density at radius 2 is 1.96 bits per heavy atom. The molecule has 7 nitrogen and oxygen atoms in total. The third kappa shape index (κ3) is 4.98. The summed E-state index contributed by atoms with van der Waals surface area (Å²) in [6.07, 6.45) is -2.20. The van der Waals surface area contributed by atoms with E-state index in [1.54, 1.807) is 12.1 Å². The molecule has 1 amide bonds. The van der Waals surface area contributed by atoms with E-state index in [1.165, 1.54) is 12.4 Å². The molecule has 0 bridgehead atoms. The molecule has 2 aromatic rings. The van der Waals surface area contributed by atoms with Gasteiger partial charge in [0.25, 0.3) is 5.91 Å². The number of pyridine rings is 1. The van der Waals surface area contributed by atoms with Crippen molar-refractivity contribution in [2.45, 2.75) is 30.1 Å². The Morgan fingerprint density at radius 1 is 1.29 bits per heavy atom. The SMILES string of the molecule is C[C@@](O)(C(=O)Nc1ccc(S(=O)(=O)NCc2cccnc2)cc1Cl)C(F)(F)F. The maximum Gasteiger partial charge on any atom is 0.426 e. The van der Waals surface area contributed by atoms with Crippen molar-refractivity contribution in [1.82, 2.24) is 9.71 Å². The van der Waals surface area contributed by atoms with Crippen LogP contribution in [0.15, 0.2) is 47.6 Å². The largest absolute Gasteiger partial charge is 0.426 e. The summed E-state index contributed by atoms with van der Waals surface area (Å²) in [5.74, 6) is -1.76. The zero-order valence-corrected chi connectivity index (χ0v) is 15.9. The van der Waals surface area contributed by atoms with Crippen LogP contribution in [0.3, 0.4) is 0 Å². The van der Waals surface area contributed by atoms with Crippen molar-refractivity contribution in [2.24, 2.45) is 0 Å². The monoisotopic (exact) mass is 437 g/mol. The highest BCUT2D eigenvalue weighted by atomic mass is 35.5. The first-order valence-electron chi connectivity index (χ1n) is 7.63. The van der Waals surface area contributed by atoms with Crippen molar-refractivity contribution in [3.05, 3.63) is 53.3 Å². The fourth-order valence-electron chi connectivity index (χ4n) is 1.90. The van der Waals surface area contributed by atoms with Gasteiger partial charge in [0.05, 0.1) is 15.6 Å². The number of hydrogen-bond acceptors (Lipinski definition) is 5. The van der Waals surface area contributed by atoms with Crippen molar-refractivity contribution in [3.8, 4) is 0 Å². The predicted molar refractivity (Wildman–Crippen MR) is 95.0 cm³/mol. The number of nitrogens with zero attached hydrogens (tertiary/aromatic N) is 1. The van der Waals surface area contributed by atoms with Crippen molar-refractivity contribution in [1.29, 1.82) is 0 Å². The molecule has 152 valence electrons. The lowest BCUT2D eigenvalue weighted by atomic mass is 10.1. The van der Waals surface area contributed by atoms with E-state index in [9.17, 15) is 31.5 Å². The molecule has 1 aromatic carbocycles. The van der Waals surface area contributed by atoms with Gasteiger partial charge in [-0.25, -0.2) is 13.1 Å². The van der Waals surface area contributed by atoms with Gasteiger partial charge < -0.3 is 10.4 Å². The van der Waals surface area contributed by atoms with E-state index in [2.05, 4.69) is 9.71 Å². The van der Waals surface area contributed by atoms with Crippen LogP contribution in [0.2, 0.25) is 5.02 Å². The normalized spacial score (nSPS) is 14.4. The maximum absolute atomic E-state index is 12.7. The first kappa shape index (κ1) is 22.1. The van der Waals surface area contributed by atoms with Crippen LogP contribution in [0.5, 0.6) is 0 Å². The number of nitrogens with one attached hydrogen (secondary N) is 2. The van der Waals surface area contributed by atoms with Gasteiger partial charge in [-0.3, -0.25) is 9.78 Å². The molecule has 1 aromatic heterocycles. The van der Waals surface area contributed by atoms with Gasteiger partial charge in [-0.15, -0.1) is 0 Å². The quantitative estimate of drug-likeness (QED) is 0.643. The van der Waals surface area contributed by atoms with Crippen LogP contribution in [0.4, 0.5) is 18.9 Å². The lowest BCUT2D eigenvalue weighted by molar-refractivity contribution is -0.242. The predicted octanol–water partition coefficient (Wildman–Crippen LogP) is 2.47.